The van der Waals surface area contributed by atoms with E-state index in [1.165, 1.54) is 16.7 Å². The summed E-state index contributed by atoms with van der Waals surface area (Å²) < 4.78 is 5.91. The van der Waals surface area contributed by atoms with Gasteiger partial charge < -0.3 is 10.1 Å². The van der Waals surface area contributed by atoms with Crippen LogP contribution in [0.2, 0.25) is 0 Å². The van der Waals surface area contributed by atoms with E-state index in [-0.39, 0.29) is 6.10 Å². The van der Waals surface area contributed by atoms with E-state index in [1.807, 2.05) is 12.1 Å². The van der Waals surface area contributed by atoms with Gasteiger partial charge in [0, 0.05) is 12.6 Å². The minimum absolute atomic E-state index is 0.164. The van der Waals surface area contributed by atoms with Crippen LogP contribution in [-0.4, -0.2) is 18.7 Å². The van der Waals surface area contributed by atoms with E-state index in [4.69, 9.17) is 4.74 Å². The van der Waals surface area contributed by atoms with Crippen molar-refractivity contribution in [1.29, 1.82) is 0 Å². The van der Waals surface area contributed by atoms with Gasteiger partial charge in [0.1, 0.15) is 11.9 Å². The fraction of sp³-hybridized carbons (Fsp3) is 0.368. The standard InChI is InChI=1S/C19H25NO/c1-14(2)20-13-16(4)21-19-11-9-18(10-12-19)17-7-5-15(3)6-8-17/h5-12,14,16,20H,13H2,1-4H3. The van der Waals surface area contributed by atoms with Gasteiger partial charge in [-0.2, -0.15) is 0 Å². The summed E-state index contributed by atoms with van der Waals surface area (Å²) in [5.74, 6) is 0.920. The molecule has 1 N–H and O–H groups in total. The molecule has 0 saturated carbocycles. The first-order valence-corrected chi connectivity index (χ1v) is 7.62. The summed E-state index contributed by atoms with van der Waals surface area (Å²) >= 11 is 0. The second-order valence-electron chi connectivity index (χ2n) is 5.88. The summed E-state index contributed by atoms with van der Waals surface area (Å²) in [4.78, 5) is 0. The van der Waals surface area contributed by atoms with Crippen LogP contribution in [0.15, 0.2) is 48.5 Å². The van der Waals surface area contributed by atoms with Crippen LogP contribution in [0, 0.1) is 6.92 Å². The van der Waals surface area contributed by atoms with Gasteiger partial charge in [-0.25, -0.2) is 0 Å². The second kappa shape index (κ2) is 7.28. The van der Waals surface area contributed by atoms with E-state index in [9.17, 15) is 0 Å². The highest BCUT2D eigenvalue weighted by Gasteiger charge is 2.05. The van der Waals surface area contributed by atoms with Gasteiger partial charge in [0.2, 0.25) is 0 Å². The molecule has 2 nitrogen and oxygen atoms in total. The van der Waals surface area contributed by atoms with Crippen molar-refractivity contribution in [2.24, 2.45) is 0 Å². The van der Waals surface area contributed by atoms with Crippen molar-refractivity contribution >= 4 is 0 Å². The first-order chi connectivity index (χ1) is 10.0. The topological polar surface area (TPSA) is 21.3 Å². The molecule has 2 heteroatoms. The maximum absolute atomic E-state index is 5.91. The SMILES string of the molecule is Cc1ccc(-c2ccc(OC(C)CNC(C)C)cc2)cc1. The summed E-state index contributed by atoms with van der Waals surface area (Å²) in [5.41, 5.74) is 3.74. The van der Waals surface area contributed by atoms with E-state index in [1.54, 1.807) is 0 Å². The van der Waals surface area contributed by atoms with Crippen LogP contribution in [-0.2, 0) is 0 Å². The normalized spacial score (nSPS) is 12.4. The molecule has 0 spiro atoms. The van der Waals surface area contributed by atoms with E-state index >= 15 is 0 Å². The van der Waals surface area contributed by atoms with E-state index in [2.05, 4.69) is 69.4 Å². The molecule has 0 fully saturated rings. The Morgan fingerprint density at radius 1 is 0.857 bits per heavy atom. The van der Waals surface area contributed by atoms with Crippen molar-refractivity contribution in [2.75, 3.05) is 6.54 Å². The molecule has 0 aliphatic carbocycles. The highest BCUT2D eigenvalue weighted by molar-refractivity contribution is 5.64. The van der Waals surface area contributed by atoms with Crippen LogP contribution >= 0.6 is 0 Å². The smallest absolute Gasteiger partial charge is 0.119 e. The molecule has 0 aromatic heterocycles. The summed E-state index contributed by atoms with van der Waals surface area (Å²) in [6.07, 6.45) is 0.164. The van der Waals surface area contributed by atoms with Gasteiger partial charge in [0.05, 0.1) is 0 Å². The zero-order chi connectivity index (χ0) is 15.2. The Labute approximate surface area is 128 Å². The number of hydrogen-bond donors (Lipinski definition) is 1. The molecule has 0 aliphatic rings. The van der Waals surface area contributed by atoms with Crippen molar-refractivity contribution in [3.8, 4) is 16.9 Å². The summed E-state index contributed by atoms with van der Waals surface area (Å²) in [6.45, 7) is 9.33. The molecule has 2 aromatic rings. The number of rotatable bonds is 6. The van der Waals surface area contributed by atoms with Crippen LogP contribution < -0.4 is 10.1 Å². The predicted molar refractivity (Wildman–Crippen MR) is 89.8 cm³/mol. The zero-order valence-corrected chi connectivity index (χ0v) is 13.4. The number of nitrogens with one attached hydrogen (secondary N) is 1. The van der Waals surface area contributed by atoms with Gasteiger partial charge in [-0.15, -0.1) is 0 Å². The molecular formula is C19H25NO. The van der Waals surface area contributed by atoms with E-state index < -0.39 is 0 Å². The molecule has 0 aliphatic heterocycles. The van der Waals surface area contributed by atoms with Crippen LogP contribution in [0.5, 0.6) is 5.75 Å². The Morgan fingerprint density at radius 2 is 1.38 bits per heavy atom. The van der Waals surface area contributed by atoms with Gasteiger partial charge in [0.25, 0.3) is 0 Å². The fourth-order valence-corrected chi connectivity index (χ4v) is 2.15. The van der Waals surface area contributed by atoms with E-state index in [0.29, 0.717) is 6.04 Å². The lowest BCUT2D eigenvalue weighted by molar-refractivity contribution is 0.213. The lowest BCUT2D eigenvalue weighted by Crippen LogP contribution is -2.33. The highest BCUT2D eigenvalue weighted by atomic mass is 16.5. The Kier molecular flexibility index (Phi) is 5.40. The van der Waals surface area contributed by atoms with Crippen molar-refractivity contribution in [1.82, 2.24) is 5.32 Å². The number of ether oxygens (including phenoxy) is 1. The Hall–Kier alpha value is -1.80. The molecule has 0 saturated heterocycles. The Balaban J connectivity index is 1.97. The molecule has 112 valence electrons. The van der Waals surface area contributed by atoms with Gasteiger partial charge >= 0.3 is 0 Å². The van der Waals surface area contributed by atoms with Crippen molar-refractivity contribution in [3.05, 3.63) is 54.1 Å². The molecule has 0 heterocycles. The summed E-state index contributed by atoms with van der Waals surface area (Å²) in [7, 11) is 0. The third-order valence-corrected chi connectivity index (χ3v) is 3.39. The lowest BCUT2D eigenvalue weighted by Gasteiger charge is -2.17. The monoisotopic (exact) mass is 283 g/mol. The van der Waals surface area contributed by atoms with E-state index in [0.717, 1.165) is 12.3 Å². The number of hydrogen-bond acceptors (Lipinski definition) is 2. The summed E-state index contributed by atoms with van der Waals surface area (Å²) in [6, 6.07) is 17.4. The minimum Gasteiger partial charge on any atom is -0.489 e. The third kappa shape index (κ3) is 4.91. The largest absolute Gasteiger partial charge is 0.489 e. The van der Waals surface area contributed by atoms with Crippen LogP contribution in [0.3, 0.4) is 0 Å². The highest BCUT2D eigenvalue weighted by Crippen LogP contribution is 2.23. The quantitative estimate of drug-likeness (QED) is 0.847. The maximum atomic E-state index is 5.91. The Morgan fingerprint density at radius 3 is 1.90 bits per heavy atom. The van der Waals surface area contributed by atoms with Crippen LogP contribution in [0.25, 0.3) is 11.1 Å². The molecule has 0 radical (unpaired) electrons. The molecular weight excluding hydrogens is 258 g/mol. The van der Waals surface area contributed by atoms with Gasteiger partial charge in [0.15, 0.2) is 0 Å². The van der Waals surface area contributed by atoms with Crippen molar-refractivity contribution in [2.45, 2.75) is 39.8 Å². The first-order valence-electron chi connectivity index (χ1n) is 7.62. The van der Waals surface area contributed by atoms with Crippen LogP contribution in [0.4, 0.5) is 0 Å². The second-order valence-corrected chi connectivity index (χ2v) is 5.88. The lowest BCUT2D eigenvalue weighted by atomic mass is 10.0. The average molecular weight is 283 g/mol. The van der Waals surface area contributed by atoms with Crippen molar-refractivity contribution in [3.63, 3.8) is 0 Å². The predicted octanol–water partition coefficient (Wildman–Crippen LogP) is 4.43. The third-order valence-electron chi connectivity index (χ3n) is 3.39. The summed E-state index contributed by atoms with van der Waals surface area (Å²) in [5, 5.41) is 3.38. The molecule has 2 rings (SSSR count). The molecule has 1 atom stereocenters. The Bertz CT molecular complexity index is 543. The zero-order valence-electron chi connectivity index (χ0n) is 13.4. The average Bonchev–Trinajstić information content (AvgIpc) is 2.47. The van der Waals surface area contributed by atoms with Gasteiger partial charge in [-0.05, 0) is 37.1 Å². The first kappa shape index (κ1) is 15.6. The molecule has 0 bridgehead atoms. The number of benzene rings is 2. The molecule has 0 amide bonds. The molecule has 2 aromatic carbocycles. The fourth-order valence-electron chi connectivity index (χ4n) is 2.15. The minimum atomic E-state index is 0.164. The maximum Gasteiger partial charge on any atom is 0.119 e. The van der Waals surface area contributed by atoms with Crippen molar-refractivity contribution < 1.29 is 4.74 Å². The number of aryl methyl sites for hydroxylation is 1. The van der Waals surface area contributed by atoms with Gasteiger partial charge in [-0.1, -0.05) is 55.8 Å². The van der Waals surface area contributed by atoms with Gasteiger partial charge in [-0.3, -0.25) is 0 Å². The molecule has 21 heavy (non-hydrogen) atoms. The molecule has 1 unspecified atom stereocenters. The van der Waals surface area contributed by atoms with Crippen LogP contribution in [0.1, 0.15) is 26.3 Å².